The number of thioether (sulfide) groups is 2. The maximum Gasteiger partial charge on any atom is 0.326 e. The molecule has 0 fully saturated rings. The number of nitrogens with one attached hydrogen (secondary N) is 1. The highest BCUT2D eigenvalue weighted by molar-refractivity contribution is 7.98. The minimum absolute atomic E-state index is 0.133. The van der Waals surface area contributed by atoms with Crippen LogP contribution in [-0.4, -0.2) is 81.3 Å². The number of aliphatic carboxylic acids is 3. The number of rotatable bonds is 27. The van der Waals surface area contributed by atoms with Crippen molar-refractivity contribution >= 4 is 47.3 Å². The van der Waals surface area contributed by atoms with Gasteiger partial charge in [-0.25, -0.2) is 4.79 Å². The molecule has 12 heteroatoms. The molecule has 49 heavy (non-hydrogen) atoms. The predicted octanol–water partition coefficient (Wildman–Crippen LogP) is 7.14. The second-order valence-electron chi connectivity index (χ2n) is 11.9. The Kier molecular flexibility index (Phi) is 35.0. The van der Waals surface area contributed by atoms with Crippen molar-refractivity contribution in [1.82, 2.24) is 5.32 Å². The zero-order chi connectivity index (χ0) is 37.1. The lowest BCUT2D eigenvalue weighted by Gasteiger charge is -2.13. The minimum atomic E-state index is -0.959. The number of hydrogen-bond donors (Lipinski definition) is 6. The molecule has 0 aliphatic rings. The van der Waals surface area contributed by atoms with Crippen LogP contribution in [0.25, 0.3) is 0 Å². The van der Waals surface area contributed by atoms with Crippen LogP contribution in [0.2, 0.25) is 0 Å². The van der Waals surface area contributed by atoms with Crippen molar-refractivity contribution in [2.24, 2.45) is 11.5 Å². The van der Waals surface area contributed by atoms with Gasteiger partial charge in [0.2, 0.25) is 5.91 Å². The molecule has 0 aromatic heterocycles. The summed E-state index contributed by atoms with van der Waals surface area (Å²) in [6.45, 7) is 2.25. The number of carbonyl (C=O) groups excluding carboxylic acids is 1. The highest BCUT2D eigenvalue weighted by Crippen LogP contribution is 2.10. The van der Waals surface area contributed by atoms with Gasteiger partial charge in [-0.15, -0.1) is 0 Å². The summed E-state index contributed by atoms with van der Waals surface area (Å²) in [6, 6.07) is 7.11. The molecule has 10 nitrogen and oxygen atoms in total. The van der Waals surface area contributed by atoms with E-state index < -0.39 is 36.0 Å². The molecule has 1 aromatic rings. The Hall–Kier alpha value is -2.54. The van der Waals surface area contributed by atoms with Crippen molar-refractivity contribution in [1.29, 1.82) is 0 Å². The monoisotopic (exact) mass is 727 g/mol. The van der Waals surface area contributed by atoms with E-state index in [1.54, 1.807) is 23.5 Å². The Bertz CT molecular complexity index is 999. The molecule has 0 radical (unpaired) electrons. The van der Waals surface area contributed by atoms with Crippen molar-refractivity contribution in [3.8, 4) is 0 Å². The molecular weight excluding hydrogens is 663 g/mol. The third-order valence-corrected chi connectivity index (χ3v) is 8.76. The van der Waals surface area contributed by atoms with Gasteiger partial charge in [-0.2, -0.15) is 23.5 Å². The summed E-state index contributed by atoms with van der Waals surface area (Å²) in [5.41, 5.74) is 11.5. The fourth-order valence-electron chi connectivity index (χ4n) is 4.44. The molecule has 0 saturated heterocycles. The van der Waals surface area contributed by atoms with Gasteiger partial charge in [0, 0.05) is 6.42 Å². The normalized spacial score (nSPS) is 12.5. The summed E-state index contributed by atoms with van der Waals surface area (Å²) in [7, 11) is 0. The number of carboxylic acid groups (broad SMARTS) is 3. The van der Waals surface area contributed by atoms with Crippen LogP contribution >= 0.6 is 23.5 Å². The number of hydrogen-bond acceptors (Lipinski definition) is 8. The number of nitrogens with two attached hydrogens (primary N) is 2. The largest absolute Gasteiger partial charge is 0.480 e. The fraction of sp³-hybridized carbons (Fsp3) is 0.676. The van der Waals surface area contributed by atoms with Gasteiger partial charge in [-0.3, -0.25) is 14.4 Å². The molecule has 1 aromatic carbocycles. The Labute approximate surface area is 304 Å². The van der Waals surface area contributed by atoms with Gasteiger partial charge < -0.3 is 32.1 Å². The first-order valence-corrected chi connectivity index (χ1v) is 20.4. The van der Waals surface area contributed by atoms with E-state index in [4.69, 9.17) is 26.8 Å². The number of benzene rings is 1. The first kappa shape index (κ1) is 48.6. The maximum absolute atomic E-state index is 11.9. The quantitative estimate of drug-likeness (QED) is 0.0399. The third kappa shape index (κ3) is 33.7. The first-order chi connectivity index (χ1) is 23.5. The number of amides is 1. The Morgan fingerprint density at radius 3 is 1.67 bits per heavy atom. The topological polar surface area (TPSA) is 193 Å². The summed E-state index contributed by atoms with van der Waals surface area (Å²) in [6.07, 6.45) is 26.3. The van der Waals surface area contributed by atoms with E-state index in [2.05, 4.69) is 24.4 Å². The van der Waals surface area contributed by atoms with E-state index in [0.717, 1.165) is 42.8 Å². The van der Waals surface area contributed by atoms with Gasteiger partial charge in [-0.1, -0.05) is 101 Å². The number of unbranched alkanes of at least 4 members (excludes halogenated alkanes) is 11. The molecule has 0 heterocycles. The Morgan fingerprint density at radius 1 is 0.694 bits per heavy atom. The van der Waals surface area contributed by atoms with Crippen molar-refractivity contribution in [2.45, 2.75) is 134 Å². The lowest BCUT2D eigenvalue weighted by Crippen LogP contribution is -2.41. The molecule has 0 aliphatic heterocycles. The zero-order valence-corrected chi connectivity index (χ0v) is 31.8. The van der Waals surface area contributed by atoms with Crippen LogP contribution in [-0.2, 0) is 25.6 Å². The maximum atomic E-state index is 11.9. The van der Waals surface area contributed by atoms with Crippen LogP contribution in [0.3, 0.4) is 0 Å². The van der Waals surface area contributed by atoms with Crippen LogP contribution in [0.5, 0.6) is 0 Å². The van der Waals surface area contributed by atoms with Gasteiger partial charge >= 0.3 is 17.9 Å². The average molecular weight is 728 g/mol. The lowest BCUT2D eigenvalue weighted by atomic mass is 10.1. The molecule has 3 atom stereocenters. The molecule has 1 rings (SSSR count). The van der Waals surface area contributed by atoms with Gasteiger partial charge in [0.1, 0.15) is 18.1 Å². The second kappa shape index (κ2) is 35.3. The van der Waals surface area contributed by atoms with Crippen molar-refractivity contribution in [3.05, 3.63) is 48.0 Å². The molecule has 282 valence electrons. The highest BCUT2D eigenvalue weighted by Gasteiger charge is 2.18. The fourth-order valence-corrected chi connectivity index (χ4v) is 5.40. The average Bonchev–Trinajstić information content (AvgIpc) is 3.08. The molecular formula is C37H65N3O7S2. The highest BCUT2D eigenvalue weighted by atomic mass is 32.2. The standard InChI is InChI=1S/C23H43NO3S.C9H11NO2.C5H11NO2S/c1-3-4-5-6-7-8-9-10-11-12-13-14-15-16-17-18-22(25)24-21(23(26)27)19-20-28-2;10-8(9(11)12)6-7-4-2-1-3-5-7;1-9-3-2-4(6)5(7)8/h10-11,21H,3-9,12-20H2,1-2H3,(H,24,25)(H,26,27);1-5,8H,6,10H2,(H,11,12);4H,2-3,6H2,1H3,(H,7,8)/b11-10+;;/t21-;8-;4-/m000/s1. The summed E-state index contributed by atoms with van der Waals surface area (Å²) in [4.78, 5) is 43.4. The van der Waals surface area contributed by atoms with E-state index in [0.29, 0.717) is 25.7 Å². The van der Waals surface area contributed by atoms with Crippen LogP contribution in [0.15, 0.2) is 42.5 Å². The molecule has 0 bridgehead atoms. The SMILES string of the molecule is CCCCCCCC/C=C/CCCCCCCC(=O)N[C@@H](CCSC)C(=O)O.CSCC[C@H](N)C(=O)O.N[C@@H](Cc1ccccc1)C(=O)O. The Balaban J connectivity index is 0. The summed E-state index contributed by atoms with van der Waals surface area (Å²) >= 11 is 3.20. The smallest absolute Gasteiger partial charge is 0.326 e. The second-order valence-corrected chi connectivity index (χ2v) is 13.9. The third-order valence-electron chi connectivity index (χ3n) is 7.48. The van der Waals surface area contributed by atoms with Crippen LogP contribution in [0.4, 0.5) is 0 Å². The van der Waals surface area contributed by atoms with Gasteiger partial charge in [-0.05, 0) is 80.9 Å². The lowest BCUT2D eigenvalue weighted by molar-refractivity contribution is -0.142. The van der Waals surface area contributed by atoms with Gasteiger partial charge in [0.05, 0.1) is 0 Å². The van der Waals surface area contributed by atoms with E-state index in [1.807, 2.05) is 42.8 Å². The summed E-state index contributed by atoms with van der Waals surface area (Å²) in [5.74, 6) is -1.39. The van der Waals surface area contributed by atoms with E-state index >= 15 is 0 Å². The molecule has 8 N–H and O–H groups in total. The Morgan fingerprint density at radius 2 is 1.18 bits per heavy atom. The number of allylic oxidation sites excluding steroid dienone is 2. The van der Waals surface area contributed by atoms with Crippen molar-refractivity contribution in [2.75, 3.05) is 24.0 Å². The zero-order valence-electron chi connectivity index (χ0n) is 30.2. The van der Waals surface area contributed by atoms with Crippen LogP contribution in [0.1, 0.15) is 115 Å². The van der Waals surface area contributed by atoms with E-state index in [-0.39, 0.29) is 5.91 Å². The van der Waals surface area contributed by atoms with E-state index in [1.165, 1.54) is 57.8 Å². The number of carboxylic acids is 3. The summed E-state index contributed by atoms with van der Waals surface area (Å²) in [5, 5.41) is 28.6. The first-order valence-electron chi connectivity index (χ1n) is 17.7. The van der Waals surface area contributed by atoms with Crippen LogP contribution in [0, 0.1) is 0 Å². The predicted molar refractivity (Wildman–Crippen MR) is 206 cm³/mol. The number of carbonyl (C=O) groups is 4. The minimum Gasteiger partial charge on any atom is -0.480 e. The molecule has 0 unspecified atom stereocenters. The van der Waals surface area contributed by atoms with Gasteiger partial charge in [0.15, 0.2) is 0 Å². The molecule has 0 spiro atoms. The van der Waals surface area contributed by atoms with Gasteiger partial charge in [0.25, 0.3) is 0 Å². The molecule has 0 aliphatic carbocycles. The molecule has 0 saturated carbocycles. The summed E-state index contributed by atoms with van der Waals surface area (Å²) < 4.78 is 0. The molecule has 1 amide bonds. The van der Waals surface area contributed by atoms with Crippen LogP contribution < -0.4 is 16.8 Å². The van der Waals surface area contributed by atoms with E-state index in [9.17, 15) is 19.2 Å². The van der Waals surface area contributed by atoms with Crippen molar-refractivity contribution < 1.29 is 34.5 Å². The van der Waals surface area contributed by atoms with Crippen molar-refractivity contribution in [3.63, 3.8) is 0 Å².